The molecule has 0 aliphatic heterocycles. The maximum Gasteiger partial charge on any atom is 0.408 e. The van der Waals surface area contributed by atoms with Crippen molar-refractivity contribution < 1.29 is 24.2 Å². The first-order valence-corrected chi connectivity index (χ1v) is 6.93. The molecule has 0 heterocycles. The largest absolute Gasteiger partial charge is 0.445 e. The second-order valence-electron chi connectivity index (χ2n) is 4.82. The summed E-state index contributed by atoms with van der Waals surface area (Å²) in [6, 6.07) is 8.29. The fourth-order valence-electron chi connectivity index (χ4n) is 1.72. The van der Waals surface area contributed by atoms with Crippen molar-refractivity contribution in [3.05, 3.63) is 35.9 Å². The molecule has 1 rings (SSSR count). The molecule has 0 spiro atoms. The third kappa shape index (κ3) is 6.11. The summed E-state index contributed by atoms with van der Waals surface area (Å²) in [6.07, 6.45) is -0.721. The van der Waals surface area contributed by atoms with Crippen molar-refractivity contribution in [3.8, 4) is 0 Å². The van der Waals surface area contributed by atoms with Crippen LogP contribution in [0.4, 0.5) is 4.79 Å². The molecule has 2 unspecified atom stereocenters. The molecule has 22 heavy (non-hydrogen) atoms. The molecule has 7 nitrogen and oxygen atoms in total. The predicted molar refractivity (Wildman–Crippen MR) is 79.8 cm³/mol. The van der Waals surface area contributed by atoms with Crippen molar-refractivity contribution in [1.82, 2.24) is 10.6 Å². The van der Waals surface area contributed by atoms with E-state index in [0.717, 1.165) is 5.56 Å². The van der Waals surface area contributed by atoms with Crippen LogP contribution in [0.15, 0.2) is 30.3 Å². The van der Waals surface area contributed by atoms with Gasteiger partial charge in [-0.2, -0.15) is 0 Å². The smallest absolute Gasteiger partial charge is 0.408 e. The second-order valence-corrected chi connectivity index (χ2v) is 4.82. The van der Waals surface area contributed by atoms with Crippen LogP contribution in [0.3, 0.4) is 0 Å². The standard InChI is InChI=1S/C15H22N2O5/c1-11(8-18)13(14(19)16-10-21-2)17-15(20)22-9-12-6-4-3-5-7-12/h3-7,11,13,18H,8-10H2,1-2H3,(H,16,19)(H,17,20). The van der Waals surface area contributed by atoms with E-state index < -0.39 is 24.0 Å². The zero-order chi connectivity index (χ0) is 16.4. The molecule has 1 aromatic rings. The number of methoxy groups -OCH3 is 1. The molecule has 0 aliphatic carbocycles. The summed E-state index contributed by atoms with van der Waals surface area (Å²) in [7, 11) is 1.44. The minimum Gasteiger partial charge on any atom is -0.445 e. The zero-order valence-corrected chi connectivity index (χ0v) is 12.7. The highest BCUT2D eigenvalue weighted by molar-refractivity contribution is 5.85. The number of carbonyl (C=O) groups excluding carboxylic acids is 2. The molecule has 3 N–H and O–H groups in total. The zero-order valence-electron chi connectivity index (χ0n) is 12.7. The molecule has 0 aromatic heterocycles. The van der Waals surface area contributed by atoms with Crippen LogP contribution in [-0.4, -0.2) is 43.6 Å². The van der Waals surface area contributed by atoms with Gasteiger partial charge in [-0.05, 0) is 5.56 Å². The van der Waals surface area contributed by atoms with Gasteiger partial charge < -0.3 is 25.2 Å². The maximum absolute atomic E-state index is 11.9. The highest BCUT2D eigenvalue weighted by Crippen LogP contribution is 2.05. The summed E-state index contributed by atoms with van der Waals surface area (Å²) in [5, 5.41) is 14.1. The molecule has 0 bridgehead atoms. The van der Waals surface area contributed by atoms with E-state index in [1.54, 1.807) is 6.92 Å². The van der Waals surface area contributed by atoms with E-state index in [1.165, 1.54) is 7.11 Å². The molecule has 7 heteroatoms. The summed E-state index contributed by atoms with van der Waals surface area (Å²) in [5.74, 6) is -0.902. The molecular formula is C15H22N2O5. The third-order valence-electron chi connectivity index (χ3n) is 3.02. The van der Waals surface area contributed by atoms with E-state index in [0.29, 0.717) is 0 Å². The average molecular weight is 310 g/mol. The Balaban J connectivity index is 2.53. The number of nitrogens with one attached hydrogen (secondary N) is 2. The van der Waals surface area contributed by atoms with Gasteiger partial charge in [-0.25, -0.2) is 4.79 Å². The normalized spacial score (nSPS) is 13.0. The molecule has 0 radical (unpaired) electrons. The number of aliphatic hydroxyl groups is 1. The number of aliphatic hydroxyl groups excluding tert-OH is 1. The lowest BCUT2D eigenvalue weighted by Gasteiger charge is -2.22. The van der Waals surface area contributed by atoms with Gasteiger partial charge in [0, 0.05) is 19.6 Å². The number of hydrogen-bond acceptors (Lipinski definition) is 5. The summed E-state index contributed by atoms with van der Waals surface area (Å²) in [6.45, 7) is 1.53. The Bertz CT molecular complexity index is 466. The first-order chi connectivity index (χ1) is 10.6. The second kappa shape index (κ2) is 9.75. The molecule has 2 amide bonds. The van der Waals surface area contributed by atoms with Crippen molar-refractivity contribution in [2.45, 2.75) is 19.6 Å². The summed E-state index contributed by atoms with van der Waals surface area (Å²) < 4.78 is 9.81. The number of benzene rings is 1. The van der Waals surface area contributed by atoms with Crippen LogP contribution in [0, 0.1) is 5.92 Å². The Morgan fingerprint density at radius 1 is 1.27 bits per heavy atom. The highest BCUT2D eigenvalue weighted by Gasteiger charge is 2.26. The lowest BCUT2D eigenvalue weighted by molar-refractivity contribution is -0.126. The van der Waals surface area contributed by atoms with Crippen molar-refractivity contribution in [2.75, 3.05) is 20.4 Å². The van der Waals surface area contributed by atoms with Gasteiger partial charge in [0.2, 0.25) is 5.91 Å². The highest BCUT2D eigenvalue weighted by atomic mass is 16.5. The van der Waals surface area contributed by atoms with Crippen LogP contribution in [0.1, 0.15) is 12.5 Å². The van der Waals surface area contributed by atoms with Crippen molar-refractivity contribution in [3.63, 3.8) is 0 Å². The quantitative estimate of drug-likeness (QED) is 0.612. The van der Waals surface area contributed by atoms with E-state index >= 15 is 0 Å². The van der Waals surface area contributed by atoms with E-state index in [9.17, 15) is 14.7 Å². The van der Waals surface area contributed by atoms with Crippen molar-refractivity contribution in [2.24, 2.45) is 5.92 Å². The number of ether oxygens (including phenoxy) is 2. The van der Waals surface area contributed by atoms with E-state index in [4.69, 9.17) is 9.47 Å². The van der Waals surface area contributed by atoms with E-state index in [-0.39, 0.29) is 19.9 Å². The molecule has 0 fully saturated rings. The van der Waals surface area contributed by atoms with Gasteiger partial charge in [0.1, 0.15) is 19.4 Å². The topological polar surface area (TPSA) is 96.9 Å². The van der Waals surface area contributed by atoms with Crippen LogP contribution in [0.5, 0.6) is 0 Å². The van der Waals surface area contributed by atoms with Gasteiger partial charge in [-0.1, -0.05) is 37.3 Å². The Kier molecular flexibility index (Phi) is 7.95. The third-order valence-corrected chi connectivity index (χ3v) is 3.02. The van der Waals surface area contributed by atoms with Gasteiger partial charge in [0.05, 0.1) is 0 Å². The lowest BCUT2D eigenvalue weighted by Crippen LogP contribution is -2.51. The molecule has 0 saturated heterocycles. The van der Waals surface area contributed by atoms with Gasteiger partial charge in [0.15, 0.2) is 0 Å². The average Bonchev–Trinajstić information content (AvgIpc) is 2.55. The minimum atomic E-state index is -0.900. The molecule has 0 saturated carbocycles. The van der Waals surface area contributed by atoms with Crippen LogP contribution >= 0.6 is 0 Å². The van der Waals surface area contributed by atoms with Gasteiger partial charge >= 0.3 is 6.09 Å². The molecule has 0 aliphatic rings. The number of hydrogen-bond donors (Lipinski definition) is 3. The maximum atomic E-state index is 11.9. The summed E-state index contributed by atoms with van der Waals surface area (Å²) in [5.41, 5.74) is 0.841. The van der Waals surface area contributed by atoms with Crippen molar-refractivity contribution >= 4 is 12.0 Å². The van der Waals surface area contributed by atoms with Gasteiger partial charge in [-0.3, -0.25) is 4.79 Å². The van der Waals surface area contributed by atoms with Crippen LogP contribution in [0.2, 0.25) is 0 Å². The molecule has 1 aromatic carbocycles. The van der Waals surface area contributed by atoms with Gasteiger partial charge in [0.25, 0.3) is 0 Å². The number of carbonyl (C=O) groups is 2. The molecule has 122 valence electrons. The first kappa shape index (κ1) is 17.9. The Labute approximate surface area is 129 Å². The monoisotopic (exact) mass is 310 g/mol. The van der Waals surface area contributed by atoms with E-state index in [2.05, 4.69) is 10.6 Å². The van der Waals surface area contributed by atoms with Crippen LogP contribution in [-0.2, 0) is 20.9 Å². The number of alkyl carbamates (subject to hydrolysis) is 1. The Morgan fingerprint density at radius 3 is 2.55 bits per heavy atom. The molecule has 2 atom stereocenters. The van der Waals surface area contributed by atoms with Crippen molar-refractivity contribution in [1.29, 1.82) is 0 Å². The lowest BCUT2D eigenvalue weighted by atomic mass is 10.0. The first-order valence-electron chi connectivity index (χ1n) is 6.93. The van der Waals surface area contributed by atoms with Crippen LogP contribution < -0.4 is 10.6 Å². The number of rotatable bonds is 8. The van der Waals surface area contributed by atoms with Gasteiger partial charge in [-0.15, -0.1) is 0 Å². The van der Waals surface area contributed by atoms with E-state index in [1.807, 2.05) is 30.3 Å². The predicted octanol–water partition coefficient (Wildman–Crippen LogP) is 0.630. The summed E-state index contributed by atoms with van der Waals surface area (Å²) >= 11 is 0. The minimum absolute atomic E-state index is 0.0220. The SMILES string of the molecule is COCNC(=O)C(NC(=O)OCc1ccccc1)C(C)CO. The Morgan fingerprint density at radius 2 is 1.95 bits per heavy atom. The number of amides is 2. The Hall–Kier alpha value is -2.12. The summed E-state index contributed by atoms with van der Waals surface area (Å²) in [4.78, 5) is 23.7. The fraction of sp³-hybridized carbons (Fsp3) is 0.467. The molecular weight excluding hydrogens is 288 g/mol. The van der Waals surface area contributed by atoms with Crippen LogP contribution in [0.25, 0.3) is 0 Å². The fourth-order valence-corrected chi connectivity index (χ4v) is 1.72.